The number of amides is 3. The molecule has 0 aliphatic carbocycles. The Bertz CT molecular complexity index is 954. The van der Waals surface area contributed by atoms with Crippen molar-refractivity contribution in [3.8, 4) is 0 Å². The molecule has 12 heteroatoms. The zero-order chi connectivity index (χ0) is 19.2. The quantitative estimate of drug-likeness (QED) is 0.427. The van der Waals surface area contributed by atoms with Crippen molar-refractivity contribution in [2.24, 2.45) is 0 Å². The lowest BCUT2D eigenvalue weighted by molar-refractivity contribution is -0.127. The number of carbonyl (C=O) groups is 3. The van der Waals surface area contributed by atoms with E-state index in [9.17, 15) is 14.4 Å². The second-order valence-corrected chi connectivity index (χ2v) is 9.50. The lowest BCUT2D eigenvalue weighted by Crippen LogP contribution is -2.29. The van der Waals surface area contributed by atoms with E-state index in [-0.39, 0.29) is 17.4 Å². The second kappa shape index (κ2) is 9.26. The molecule has 0 aliphatic rings. The summed E-state index contributed by atoms with van der Waals surface area (Å²) >= 11 is 5.22. The van der Waals surface area contributed by atoms with Gasteiger partial charge < -0.3 is 0 Å². The average Bonchev–Trinajstić information content (AvgIpc) is 3.23. The number of fused-ring (bicyclic) bond motifs is 1. The van der Waals surface area contributed by atoms with Crippen LogP contribution in [0.25, 0.3) is 10.2 Å². The van der Waals surface area contributed by atoms with Crippen LogP contribution in [0.4, 0.5) is 5.13 Å². The largest absolute Gasteiger partial charge is 0.300 e. The first-order chi connectivity index (χ1) is 13.0. The van der Waals surface area contributed by atoms with E-state index in [2.05, 4.69) is 25.8 Å². The number of para-hydroxylation sites is 1. The standard InChI is InChI=1S/C15H13N5O3S4/c1-8(21)16-11(22)6-25-15-20-19-13(27-15)18-12(23)7-24-14-17-9-4-2-3-5-10(9)26-14/h2-5H,6-7H2,1H3,(H,16,21,22)(H,18,19,23). The van der Waals surface area contributed by atoms with Gasteiger partial charge in [-0.25, -0.2) is 4.98 Å². The minimum Gasteiger partial charge on any atom is -0.300 e. The second-order valence-electron chi connectivity index (χ2n) is 5.05. The Hall–Kier alpha value is -2.02. The maximum Gasteiger partial charge on any atom is 0.236 e. The molecule has 27 heavy (non-hydrogen) atoms. The maximum atomic E-state index is 12.1. The summed E-state index contributed by atoms with van der Waals surface area (Å²) in [7, 11) is 0. The van der Waals surface area contributed by atoms with Gasteiger partial charge in [0.1, 0.15) is 0 Å². The first-order valence-corrected chi connectivity index (χ1v) is 11.1. The zero-order valence-electron chi connectivity index (χ0n) is 13.9. The minimum absolute atomic E-state index is 0.0512. The lowest BCUT2D eigenvalue weighted by atomic mass is 10.3. The molecule has 0 saturated heterocycles. The number of rotatable bonds is 7. The van der Waals surface area contributed by atoms with Crippen LogP contribution in [-0.2, 0) is 14.4 Å². The number of thioether (sulfide) groups is 2. The topological polar surface area (TPSA) is 114 Å². The van der Waals surface area contributed by atoms with Gasteiger partial charge in [-0.15, -0.1) is 21.5 Å². The fourth-order valence-electron chi connectivity index (χ4n) is 1.87. The summed E-state index contributed by atoms with van der Waals surface area (Å²) in [6.07, 6.45) is 0. The molecule has 0 spiro atoms. The number of nitrogens with zero attached hydrogens (tertiary/aromatic N) is 3. The predicted molar refractivity (Wildman–Crippen MR) is 108 cm³/mol. The molecule has 0 radical (unpaired) electrons. The van der Waals surface area contributed by atoms with Gasteiger partial charge >= 0.3 is 0 Å². The van der Waals surface area contributed by atoms with E-state index in [4.69, 9.17) is 0 Å². The van der Waals surface area contributed by atoms with Crippen LogP contribution in [0, 0.1) is 0 Å². The Morgan fingerprint density at radius 1 is 1.00 bits per heavy atom. The van der Waals surface area contributed by atoms with E-state index in [1.165, 1.54) is 30.0 Å². The summed E-state index contributed by atoms with van der Waals surface area (Å²) in [6.45, 7) is 1.27. The van der Waals surface area contributed by atoms with Crippen LogP contribution in [0.5, 0.6) is 0 Å². The van der Waals surface area contributed by atoms with Crippen molar-refractivity contribution in [3.05, 3.63) is 24.3 Å². The van der Waals surface area contributed by atoms with E-state index in [1.54, 1.807) is 11.3 Å². The van der Waals surface area contributed by atoms with E-state index in [0.717, 1.165) is 26.3 Å². The van der Waals surface area contributed by atoms with Crippen LogP contribution >= 0.6 is 46.2 Å². The van der Waals surface area contributed by atoms with Crippen LogP contribution in [-0.4, -0.2) is 44.4 Å². The highest BCUT2D eigenvalue weighted by molar-refractivity contribution is 8.02. The molecule has 0 atom stereocenters. The molecule has 0 bridgehead atoms. The first kappa shape index (κ1) is 19.7. The molecule has 3 amide bonds. The van der Waals surface area contributed by atoms with Gasteiger partial charge in [0.05, 0.1) is 21.7 Å². The van der Waals surface area contributed by atoms with E-state index in [1.807, 2.05) is 24.3 Å². The molecular formula is C15H13N5O3S4. The third-order valence-corrected chi connectivity index (χ3v) is 7.05. The Morgan fingerprint density at radius 3 is 2.52 bits per heavy atom. The molecule has 2 heterocycles. The van der Waals surface area contributed by atoms with Gasteiger partial charge in [0.15, 0.2) is 8.68 Å². The van der Waals surface area contributed by atoms with E-state index < -0.39 is 11.8 Å². The number of imide groups is 1. The number of hydrogen-bond acceptors (Lipinski definition) is 10. The van der Waals surface area contributed by atoms with Gasteiger partial charge in [-0.05, 0) is 12.1 Å². The van der Waals surface area contributed by atoms with E-state index >= 15 is 0 Å². The van der Waals surface area contributed by atoms with Crippen LogP contribution < -0.4 is 10.6 Å². The van der Waals surface area contributed by atoms with Gasteiger partial charge in [0.25, 0.3) is 0 Å². The van der Waals surface area contributed by atoms with Gasteiger partial charge in [-0.2, -0.15) is 0 Å². The molecule has 0 fully saturated rings. The fourth-order valence-corrected chi connectivity index (χ4v) is 5.31. The molecule has 8 nitrogen and oxygen atoms in total. The molecule has 140 valence electrons. The number of carbonyl (C=O) groups excluding carboxylic acids is 3. The van der Waals surface area contributed by atoms with Crippen LogP contribution in [0.2, 0.25) is 0 Å². The highest BCUT2D eigenvalue weighted by Crippen LogP contribution is 2.30. The minimum atomic E-state index is -0.406. The molecule has 2 aromatic heterocycles. The molecular weight excluding hydrogens is 426 g/mol. The van der Waals surface area contributed by atoms with Gasteiger partial charge in [-0.1, -0.05) is 47.0 Å². The average molecular weight is 440 g/mol. The lowest BCUT2D eigenvalue weighted by Gasteiger charge is -1.99. The molecule has 0 aliphatic heterocycles. The van der Waals surface area contributed by atoms with Crippen molar-refractivity contribution in [2.75, 3.05) is 16.8 Å². The number of thiazole rings is 1. The third-order valence-electron chi connectivity index (χ3n) is 2.90. The Balaban J connectivity index is 1.46. The summed E-state index contributed by atoms with van der Waals surface area (Å²) in [5, 5.41) is 13.0. The van der Waals surface area contributed by atoms with Gasteiger partial charge in [0, 0.05) is 6.92 Å². The van der Waals surface area contributed by atoms with Crippen molar-refractivity contribution in [1.29, 1.82) is 0 Å². The monoisotopic (exact) mass is 439 g/mol. The van der Waals surface area contributed by atoms with Gasteiger partial charge in [-0.3, -0.25) is 25.0 Å². The Kier molecular flexibility index (Phi) is 6.77. The molecule has 3 rings (SSSR count). The third kappa shape index (κ3) is 5.99. The van der Waals surface area contributed by atoms with Crippen LogP contribution in [0.1, 0.15) is 6.92 Å². The fraction of sp³-hybridized carbons (Fsp3) is 0.200. The summed E-state index contributed by atoms with van der Waals surface area (Å²) in [6, 6.07) is 7.82. The summed E-state index contributed by atoms with van der Waals surface area (Å²) < 4.78 is 2.44. The molecule has 2 N–H and O–H groups in total. The molecule has 0 unspecified atom stereocenters. The normalized spacial score (nSPS) is 10.7. The summed E-state index contributed by atoms with van der Waals surface area (Å²) in [5.74, 6) is -0.753. The Morgan fingerprint density at radius 2 is 1.74 bits per heavy atom. The maximum absolute atomic E-state index is 12.1. The SMILES string of the molecule is CC(=O)NC(=O)CSc1nnc(NC(=O)CSc2nc3ccccc3s2)s1. The number of aromatic nitrogens is 3. The summed E-state index contributed by atoms with van der Waals surface area (Å²) in [5.41, 5.74) is 0.921. The smallest absolute Gasteiger partial charge is 0.236 e. The number of hydrogen-bond donors (Lipinski definition) is 2. The summed E-state index contributed by atoms with van der Waals surface area (Å²) in [4.78, 5) is 38.7. The molecule has 0 saturated carbocycles. The van der Waals surface area contributed by atoms with Gasteiger partial charge in [0.2, 0.25) is 22.9 Å². The zero-order valence-corrected chi connectivity index (χ0v) is 17.2. The van der Waals surface area contributed by atoms with Crippen molar-refractivity contribution in [1.82, 2.24) is 20.5 Å². The van der Waals surface area contributed by atoms with Crippen molar-refractivity contribution in [2.45, 2.75) is 15.6 Å². The Labute approximate surface area is 170 Å². The highest BCUT2D eigenvalue weighted by atomic mass is 32.2. The van der Waals surface area contributed by atoms with Crippen molar-refractivity contribution >= 4 is 79.3 Å². The van der Waals surface area contributed by atoms with Crippen LogP contribution in [0.3, 0.4) is 0 Å². The highest BCUT2D eigenvalue weighted by Gasteiger charge is 2.12. The number of anilines is 1. The van der Waals surface area contributed by atoms with Crippen molar-refractivity contribution < 1.29 is 14.4 Å². The predicted octanol–water partition coefficient (Wildman–Crippen LogP) is 2.63. The van der Waals surface area contributed by atoms with E-state index in [0.29, 0.717) is 9.47 Å². The number of nitrogens with one attached hydrogen (secondary N) is 2. The van der Waals surface area contributed by atoms with Crippen molar-refractivity contribution in [3.63, 3.8) is 0 Å². The molecule has 3 aromatic rings. The first-order valence-electron chi connectivity index (χ1n) is 7.54. The molecule has 1 aromatic carbocycles. The number of benzene rings is 1. The van der Waals surface area contributed by atoms with Crippen LogP contribution in [0.15, 0.2) is 32.9 Å².